The van der Waals surface area contributed by atoms with Gasteiger partial charge in [0.15, 0.2) is 10.3 Å². The first-order chi connectivity index (χ1) is 57.8. The summed E-state index contributed by atoms with van der Waals surface area (Å²) in [5.41, 5.74) is 20.0. The van der Waals surface area contributed by atoms with Crippen LogP contribution in [0.25, 0.3) is 42.5 Å². The molecule has 27 nitrogen and oxygen atoms in total. The number of benzene rings is 7. The highest BCUT2D eigenvalue weighted by atomic mass is 32.2. The highest BCUT2D eigenvalue weighted by Gasteiger charge is 2.32. The standard InChI is InChI=1S/C25H25N3O3S2.C22H22FN5O2.C21H20FN3O3S.C17H15N3O5S2/c1-3-31-21-12-17(24(29)27-30)11-16-7-6-10-28(13-19(16)21)25-26-20(14-32-25)23-15(2)18-8-4-5-9-22(18)33-23;23-19-13-17(21(29)27-30)12-16-7-10-28(11-8-18(16)19)22-24-9-6-20(26-22)25-14-15-4-2-1-3-5-15;1-28-16-4-2-13(3-5-16)19-12-29-21(23-19)25-8-6-14-10-15(20(26)24-27)11-18(22)17(14)7-9-25;21-17(18-22)12-1-2-13-9-20(5-3-11(13)7-12)27(23,24)14-8-16(26-10-14)15-4-6-25-19-15/h4-5,8-9,11-12,14,30H,3,6-7,10,13H2,1-2H3,(H,27,29);1-6,9,12-13,30H,7-8,10-11,14H2,(H,27,29)(H,24,25,26);2-5,10-12,27H,6-9H2,1H3,(H,24,26);1-2,4,6-8,10,22H,3,5,9H2,(H,18,21). The highest BCUT2D eigenvalue weighted by Crippen LogP contribution is 2.42. The number of methoxy groups -OCH3 is 1. The van der Waals surface area contributed by atoms with E-state index >= 15 is 0 Å². The lowest BCUT2D eigenvalue weighted by Crippen LogP contribution is -2.36. The summed E-state index contributed by atoms with van der Waals surface area (Å²) in [5.74, 6) is -0.616. The van der Waals surface area contributed by atoms with E-state index in [1.165, 1.54) is 48.5 Å². The van der Waals surface area contributed by atoms with Crippen molar-refractivity contribution in [3.63, 3.8) is 0 Å². The zero-order valence-electron chi connectivity index (χ0n) is 64.6. The van der Waals surface area contributed by atoms with Crippen LogP contribution in [-0.2, 0) is 68.2 Å². The maximum atomic E-state index is 14.5. The summed E-state index contributed by atoms with van der Waals surface area (Å²) < 4.78 is 73.7. The Balaban J connectivity index is 0.000000130. The summed E-state index contributed by atoms with van der Waals surface area (Å²) in [4.78, 5) is 74.3. The molecule has 0 atom stereocenters. The van der Waals surface area contributed by atoms with E-state index in [2.05, 4.69) is 66.8 Å². The van der Waals surface area contributed by atoms with Crippen molar-refractivity contribution in [2.24, 2.45) is 0 Å². The summed E-state index contributed by atoms with van der Waals surface area (Å²) in [6.45, 7) is 9.83. The van der Waals surface area contributed by atoms with Gasteiger partial charge in [-0.3, -0.25) is 40.0 Å². The lowest BCUT2D eigenvalue weighted by Gasteiger charge is -2.28. The number of carbonyl (C=O) groups excluding carboxylic acids is 4. The summed E-state index contributed by atoms with van der Waals surface area (Å²) >= 11 is 6.31. The first kappa shape index (κ1) is 83.5. The molecule has 7 aromatic carbocycles. The minimum Gasteiger partial charge on any atom is -0.497 e. The lowest BCUT2D eigenvalue weighted by molar-refractivity contribution is 0.0701. The van der Waals surface area contributed by atoms with Gasteiger partial charge >= 0.3 is 0 Å². The molecule has 0 bridgehead atoms. The predicted octanol–water partition coefficient (Wildman–Crippen LogP) is 14.7. The van der Waals surface area contributed by atoms with E-state index in [9.17, 15) is 36.4 Å². The number of sulfonamides is 1. The number of rotatable bonds is 18. The molecule has 6 aromatic heterocycles. The van der Waals surface area contributed by atoms with Crippen molar-refractivity contribution in [1.29, 1.82) is 0 Å². The van der Waals surface area contributed by atoms with E-state index in [1.807, 2.05) is 83.9 Å². The van der Waals surface area contributed by atoms with Gasteiger partial charge in [0.1, 0.15) is 40.9 Å². The number of amides is 4. The number of ether oxygens (including phenoxy) is 2. The third kappa shape index (κ3) is 19.4. The quantitative estimate of drug-likeness (QED) is 0.0285. The van der Waals surface area contributed by atoms with Crippen molar-refractivity contribution in [2.75, 3.05) is 73.0 Å². The zero-order valence-corrected chi connectivity index (χ0v) is 68.7. The first-order valence-electron chi connectivity index (χ1n) is 38.0. The van der Waals surface area contributed by atoms with Crippen LogP contribution >= 0.6 is 45.3 Å². The Hall–Kier alpha value is -12.0. The number of thiazole rings is 2. The second-order valence-corrected chi connectivity index (χ2v) is 33.6. The van der Waals surface area contributed by atoms with Crippen molar-refractivity contribution >= 4 is 111 Å². The molecule has 0 spiro atoms. The molecule has 17 rings (SSSR count). The van der Waals surface area contributed by atoms with Gasteiger partial charge in [0.2, 0.25) is 16.0 Å². The van der Waals surface area contributed by atoms with Gasteiger partial charge in [-0.2, -0.15) is 9.29 Å². The maximum absolute atomic E-state index is 14.5. The second-order valence-electron chi connectivity index (χ2n) is 28.0. The van der Waals surface area contributed by atoms with Crippen LogP contribution in [0.5, 0.6) is 11.5 Å². The zero-order chi connectivity index (χ0) is 83.3. The fraction of sp³-hybridized carbons (Fsp3) is 0.235. The summed E-state index contributed by atoms with van der Waals surface area (Å²) in [6, 6.07) is 45.5. The molecule has 13 aromatic rings. The number of nitrogens with zero attached hydrogens (tertiary/aromatic N) is 9. The molecule has 4 amide bonds. The molecule has 34 heteroatoms. The number of aromatic nitrogens is 5. The molecule has 0 unspecified atom stereocenters. The monoisotopic (exact) mass is 1700 g/mol. The first-order valence-corrected chi connectivity index (χ1v) is 42.9. The van der Waals surface area contributed by atoms with Gasteiger partial charge in [0, 0.05) is 125 Å². The van der Waals surface area contributed by atoms with Gasteiger partial charge in [-0.15, -0.1) is 45.3 Å². The lowest BCUT2D eigenvalue weighted by atomic mass is 9.98. The Bertz CT molecular complexity index is 5930. The summed E-state index contributed by atoms with van der Waals surface area (Å²) in [6.07, 6.45) is 7.56. The number of fused-ring (bicyclic) bond motifs is 5. The third-order valence-corrected chi connectivity index (χ3v) is 26.8. The molecule has 0 fully saturated rings. The molecule has 4 aliphatic heterocycles. The van der Waals surface area contributed by atoms with E-state index in [1.54, 1.807) is 123 Å². The molecular weight excluding hydrogens is 1620 g/mol. The van der Waals surface area contributed by atoms with Gasteiger partial charge in [0.05, 0.1) is 39.8 Å². The number of halogens is 2. The van der Waals surface area contributed by atoms with Crippen LogP contribution < -0.4 is 51.4 Å². The van der Waals surface area contributed by atoms with E-state index < -0.39 is 45.3 Å². The Kier molecular flexibility index (Phi) is 26.8. The van der Waals surface area contributed by atoms with E-state index in [0.717, 1.165) is 108 Å². The van der Waals surface area contributed by atoms with Crippen LogP contribution in [0.4, 0.5) is 30.8 Å². The van der Waals surface area contributed by atoms with Crippen molar-refractivity contribution in [3.05, 3.63) is 270 Å². The molecule has 0 saturated heterocycles. The molecule has 0 aliphatic carbocycles. The van der Waals surface area contributed by atoms with Gasteiger partial charge in [-0.1, -0.05) is 59.8 Å². The van der Waals surface area contributed by atoms with Crippen molar-refractivity contribution in [3.8, 4) is 43.9 Å². The Labute approximate surface area is 699 Å². The average molecular weight is 1710 g/mol. The van der Waals surface area contributed by atoms with Crippen molar-refractivity contribution in [2.45, 2.75) is 83.3 Å². The number of hydroxylamine groups is 4. The van der Waals surface area contributed by atoms with Crippen LogP contribution in [0.1, 0.15) is 110 Å². The van der Waals surface area contributed by atoms with Crippen LogP contribution in [0.3, 0.4) is 0 Å². The van der Waals surface area contributed by atoms with Crippen molar-refractivity contribution in [1.82, 2.24) is 51.3 Å². The van der Waals surface area contributed by atoms with Crippen LogP contribution in [0.2, 0.25) is 0 Å². The number of hydrogen-bond acceptors (Lipinski definition) is 26. The highest BCUT2D eigenvalue weighted by molar-refractivity contribution is 7.89. The topological polar surface area (TPSA) is 352 Å². The number of carbonyl (C=O) groups is 4. The number of nitrogens with one attached hydrogen (secondary N) is 5. The van der Waals surface area contributed by atoms with Gasteiger partial charge in [0.25, 0.3) is 23.6 Å². The molecular formula is C85H82F2N14O13S5. The third-order valence-electron chi connectivity index (χ3n) is 20.7. The second kappa shape index (κ2) is 38.2. The minimum absolute atomic E-state index is 0.102. The smallest absolute Gasteiger partial charge is 0.274 e. The summed E-state index contributed by atoms with van der Waals surface area (Å²) in [5, 5.41) is 51.5. The van der Waals surface area contributed by atoms with Crippen LogP contribution in [0, 0.1) is 18.6 Å². The fourth-order valence-electron chi connectivity index (χ4n) is 14.5. The average Bonchev–Trinajstić information content (AvgIpc) is 1.72. The molecule has 4 aliphatic rings. The van der Waals surface area contributed by atoms with E-state index in [0.29, 0.717) is 124 Å². The van der Waals surface area contributed by atoms with Gasteiger partial charge in [-0.05, 0) is 205 Å². The van der Waals surface area contributed by atoms with Crippen molar-refractivity contribution < 1.29 is 71.2 Å². The molecule has 0 radical (unpaired) electrons. The largest absolute Gasteiger partial charge is 0.497 e. The SMILES string of the molecule is CCOc1cc(C(=O)NO)cc2c1CN(c1nc(-c3sc4ccccc4c3C)cs1)CCC2.COc1ccc(-c2csc(N3CCc4cc(C(=O)NO)cc(F)c4CC3)n2)cc1.O=C(NO)c1cc(F)c2c(c1)CCN(c1nccc(NCc3ccccc3)n1)CC2.O=C(NO)c1ccc2c(c1)CCN(S(=O)(=O)c1csc(-c3ccon3)c1)C2. The van der Waals surface area contributed by atoms with Crippen LogP contribution in [-0.4, -0.2) is 135 Å². The molecule has 10 heterocycles. The van der Waals surface area contributed by atoms with Gasteiger partial charge in [-0.25, -0.2) is 54.1 Å². The van der Waals surface area contributed by atoms with Gasteiger partial charge < -0.3 is 34.0 Å². The number of hydrogen-bond donors (Lipinski definition) is 9. The Morgan fingerprint density at radius 2 is 1.17 bits per heavy atom. The molecule has 0 saturated carbocycles. The Morgan fingerprint density at radius 1 is 0.563 bits per heavy atom. The molecule has 614 valence electrons. The molecule has 9 N–H and O–H groups in total. The van der Waals surface area contributed by atoms with Crippen LogP contribution in [0.15, 0.2) is 190 Å². The predicted molar refractivity (Wildman–Crippen MR) is 451 cm³/mol. The molecule has 119 heavy (non-hydrogen) atoms. The fourth-order valence-corrected chi connectivity index (χ4v) is 20.1. The van der Waals surface area contributed by atoms with E-state index in [4.69, 9.17) is 44.8 Å². The Morgan fingerprint density at radius 3 is 1.83 bits per heavy atom. The minimum atomic E-state index is -3.64. The van der Waals surface area contributed by atoms with E-state index in [-0.39, 0.29) is 22.6 Å². The summed E-state index contributed by atoms with van der Waals surface area (Å²) in [7, 11) is -2.01. The number of anilines is 4. The maximum Gasteiger partial charge on any atom is 0.274 e. The number of thiophene rings is 2. The normalized spacial score (nSPS) is 13.8. The number of aryl methyl sites for hydroxylation is 2.